The number of amides is 1. The second-order valence-electron chi connectivity index (χ2n) is 3.38. The van der Waals surface area contributed by atoms with Crippen LogP contribution in [0.25, 0.3) is 0 Å². The van der Waals surface area contributed by atoms with E-state index in [2.05, 4.69) is 0 Å². The van der Waals surface area contributed by atoms with Gasteiger partial charge in [-0.2, -0.15) is 11.8 Å². The minimum absolute atomic E-state index is 0.0487. The highest BCUT2D eigenvalue weighted by atomic mass is 32.2. The van der Waals surface area contributed by atoms with Crippen LogP contribution in [0.5, 0.6) is 0 Å². The van der Waals surface area contributed by atoms with Gasteiger partial charge in [0.25, 0.3) is 0 Å². The fourth-order valence-electron chi connectivity index (χ4n) is 1.73. The monoisotopic (exact) mass is 245 g/mol. The van der Waals surface area contributed by atoms with Gasteiger partial charge in [-0.15, -0.1) is 11.8 Å². The van der Waals surface area contributed by atoms with Crippen LogP contribution in [0.2, 0.25) is 0 Å². The van der Waals surface area contributed by atoms with Gasteiger partial charge in [0.15, 0.2) is 6.04 Å². The first kappa shape index (κ1) is 10.9. The molecule has 0 aromatic carbocycles. The van der Waals surface area contributed by atoms with Crippen molar-refractivity contribution in [2.75, 3.05) is 12.0 Å². The molecule has 0 aliphatic carbocycles. The largest absolute Gasteiger partial charge is 0.479 e. The van der Waals surface area contributed by atoms with Crippen molar-refractivity contribution in [1.29, 1.82) is 0 Å². The molecule has 2 atom stereocenters. The van der Waals surface area contributed by atoms with Crippen molar-refractivity contribution in [3.8, 4) is 0 Å². The van der Waals surface area contributed by atoms with Gasteiger partial charge in [0.2, 0.25) is 5.91 Å². The topological polar surface area (TPSA) is 57.6 Å². The minimum Gasteiger partial charge on any atom is -0.479 e. The number of rotatable bonds is 3. The number of nitrogens with zero attached hydrogens (tertiary/aromatic N) is 1. The molecule has 0 aromatic heterocycles. The van der Waals surface area contributed by atoms with E-state index in [9.17, 15) is 9.59 Å². The minimum atomic E-state index is -0.926. The van der Waals surface area contributed by atoms with E-state index in [1.54, 1.807) is 11.8 Å². The zero-order valence-electron chi connectivity index (χ0n) is 8.17. The summed E-state index contributed by atoms with van der Waals surface area (Å²) >= 11 is 3.15. The van der Waals surface area contributed by atoms with Gasteiger partial charge in [-0.25, -0.2) is 4.79 Å². The maximum atomic E-state index is 11.3. The van der Waals surface area contributed by atoms with Gasteiger partial charge in [-0.3, -0.25) is 4.79 Å². The molecule has 2 rings (SSSR count). The Hall–Kier alpha value is -0.620. The van der Waals surface area contributed by atoms with Crippen LogP contribution in [-0.2, 0) is 9.59 Å². The van der Waals surface area contributed by atoms with Gasteiger partial charge in [0, 0.05) is 10.7 Å². The van der Waals surface area contributed by atoms with Crippen molar-refractivity contribution in [1.82, 2.24) is 4.90 Å². The van der Waals surface area contributed by atoms with Crippen LogP contribution in [-0.4, -0.2) is 45.3 Å². The average molecular weight is 245 g/mol. The van der Waals surface area contributed by atoms with Crippen LogP contribution in [0, 0.1) is 0 Å². The number of fused-ring (bicyclic) bond motifs is 1. The standard InChI is InChI=1S/C9H11NO3S2/c1-14-3-2-5-8(9(12)13)10-6(11)4-7(10)15-5/h2,7-8H,3-4H2,1H3,(H,12,13)/t7-,8?/m1/s1. The van der Waals surface area contributed by atoms with Crippen molar-refractivity contribution in [2.45, 2.75) is 17.8 Å². The fraction of sp³-hybridized carbons (Fsp3) is 0.556. The molecular formula is C9H11NO3S2. The van der Waals surface area contributed by atoms with Crippen molar-refractivity contribution in [3.05, 3.63) is 11.0 Å². The first-order valence-electron chi connectivity index (χ1n) is 4.54. The molecule has 2 aliphatic heterocycles. The summed E-state index contributed by atoms with van der Waals surface area (Å²) in [5.41, 5.74) is 0. The third kappa shape index (κ3) is 1.76. The Labute approximate surface area is 96.1 Å². The van der Waals surface area contributed by atoms with E-state index in [0.717, 1.165) is 10.7 Å². The molecule has 1 unspecified atom stereocenters. The number of thioether (sulfide) groups is 2. The third-order valence-corrected chi connectivity index (χ3v) is 4.28. The highest BCUT2D eigenvalue weighted by molar-refractivity contribution is 8.04. The summed E-state index contributed by atoms with van der Waals surface area (Å²) in [5, 5.41) is 9.13. The molecule has 15 heavy (non-hydrogen) atoms. The lowest BCUT2D eigenvalue weighted by Crippen LogP contribution is -2.53. The fourth-order valence-corrected chi connectivity index (χ4v) is 3.60. The summed E-state index contributed by atoms with van der Waals surface area (Å²) in [4.78, 5) is 24.6. The SMILES string of the molecule is CSCC=C1S[C@@H]2CC(=O)N2C1C(=O)O. The molecule has 2 fully saturated rings. The van der Waals surface area contributed by atoms with Gasteiger partial charge in [0.05, 0.1) is 11.8 Å². The quantitative estimate of drug-likeness (QED) is 0.751. The van der Waals surface area contributed by atoms with Crippen LogP contribution < -0.4 is 0 Å². The Bertz CT molecular complexity index is 342. The molecule has 0 spiro atoms. The van der Waals surface area contributed by atoms with E-state index in [4.69, 9.17) is 5.11 Å². The maximum Gasteiger partial charge on any atom is 0.331 e. The third-order valence-electron chi connectivity index (χ3n) is 2.45. The predicted molar refractivity (Wildman–Crippen MR) is 60.7 cm³/mol. The molecule has 2 saturated heterocycles. The molecular weight excluding hydrogens is 234 g/mol. The molecule has 1 amide bonds. The Kier molecular flexibility index (Phi) is 2.97. The summed E-state index contributed by atoms with van der Waals surface area (Å²) in [6.07, 6.45) is 4.36. The summed E-state index contributed by atoms with van der Waals surface area (Å²) < 4.78 is 0. The number of carboxylic acid groups (broad SMARTS) is 1. The zero-order chi connectivity index (χ0) is 11.0. The van der Waals surface area contributed by atoms with Crippen LogP contribution in [0.15, 0.2) is 11.0 Å². The summed E-state index contributed by atoms with van der Waals surface area (Å²) in [5.74, 6) is -0.182. The van der Waals surface area contributed by atoms with E-state index < -0.39 is 12.0 Å². The molecule has 2 aliphatic rings. The summed E-state index contributed by atoms with van der Waals surface area (Å²) in [7, 11) is 0. The molecule has 2 heterocycles. The van der Waals surface area contributed by atoms with Gasteiger partial charge in [-0.1, -0.05) is 6.08 Å². The Balaban J connectivity index is 2.19. The Morgan fingerprint density at radius 3 is 3.07 bits per heavy atom. The summed E-state index contributed by atoms with van der Waals surface area (Å²) in [6, 6.07) is -0.728. The van der Waals surface area contributed by atoms with E-state index in [1.165, 1.54) is 16.7 Å². The lowest BCUT2D eigenvalue weighted by atomic mass is 10.1. The molecule has 1 N–H and O–H groups in total. The highest BCUT2D eigenvalue weighted by Crippen LogP contribution is 2.46. The van der Waals surface area contributed by atoms with Gasteiger partial charge >= 0.3 is 5.97 Å². The van der Waals surface area contributed by atoms with Gasteiger partial charge < -0.3 is 10.0 Å². The van der Waals surface area contributed by atoms with Crippen LogP contribution >= 0.6 is 23.5 Å². The van der Waals surface area contributed by atoms with Crippen LogP contribution in [0.1, 0.15) is 6.42 Å². The Morgan fingerprint density at radius 2 is 2.53 bits per heavy atom. The highest BCUT2D eigenvalue weighted by Gasteiger charge is 2.52. The number of β-lactam (4-membered cyclic amide) rings is 1. The van der Waals surface area contributed by atoms with E-state index in [-0.39, 0.29) is 11.3 Å². The number of hydrogen-bond acceptors (Lipinski definition) is 4. The predicted octanol–water partition coefficient (Wildman–Crippen LogP) is 0.992. The van der Waals surface area contributed by atoms with Crippen molar-refractivity contribution in [2.24, 2.45) is 0 Å². The first-order chi connectivity index (χ1) is 7.15. The number of aliphatic carboxylic acids is 1. The van der Waals surface area contributed by atoms with Crippen LogP contribution in [0.4, 0.5) is 0 Å². The lowest BCUT2D eigenvalue weighted by Gasteiger charge is -2.35. The second kappa shape index (κ2) is 4.09. The normalized spacial score (nSPS) is 31.7. The van der Waals surface area contributed by atoms with Crippen molar-refractivity contribution < 1.29 is 14.7 Å². The molecule has 6 heteroatoms. The second-order valence-corrected chi connectivity index (χ2v) is 5.54. The van der Waals surface area contributed by atoms with Gasteiger partial charge in [-0.05, 0) is 6.26 Å². The van der Waals surface area contributed by atoms with Crippen molar-refractivity contribution in [3.63, 3.8) is 0 Å². The molecule has 0 radical (unpaired) electrons. The summed E-state index contributed by atoms with van der Waals surface area (Å²) in [6.45, 7) is 0. The first-order valence-corrected chi connectivity index (χ1v) is 6.82. The number of hydrogen-bond donors (Lipinski definition) is 1. The lowest BCUT2D eigenvalue weighted by molar-refractivity contribution is -0.154. The number of carboxylic acids is 1. The van der Waals surface area contributed by atoms with Crippen LogP contribution in [0.3, 0.4) is 0 Å². The van der Waals surface area contributed by atoms with Gasteiger partial charge in [0.1, 0.15) is 0 Å². The van der Waals surface area contributed by atoms with E-state index in [0.29, 0.717) is 6.42 Å². The number of carbonyl (C=O) groups is 2. The zero-order valence-corrected chi connectivity index (χ0v) is 9.81. The Morgan fingerprint density at radius 1 is 1.80 bits per heavy atom. The average Bonchev–Trinajstić information content (AvgIpc) is 2.47. The van der Waals surface area contributed by atoms with E-state index in [1.807, 2.05) is 12.3 Å². The molecule has 0 saturated carbocycles. The maximum absolute atomic E-state index is 11.3. The smallest absolute Gasteiger partial charge is 0.331 e. The molecule has 0 aromatic rings. The van der Waals surface area contributed by atoms with E-state index >= 15 is 0 Å². The molecule has 82 valence electrons. The molecule has 0 bridgehead atoms. The van der Waals surface area contributed by atoms with Crippen molar-refractivity contribution >= 4 is 35.4 Å². The molecule has 4 nitrogen and oxygen atoms in total. The number of carbonyl (C=O) groups excluding carboxylic acids is 1.